The van der Waals surface area contributed by atoms with Gasteiger partial charge in [-0.2, -0.15) is 0 Å². The molecule has 5 nitrogen and oxygen atoms in total. The first-order valence-corrected chi connectivity index (χ1v) is 9.28. The van der Waals surface area contributed by atoms with Crippen molar-refractivity contribution in [1.29, 1.82) is 0 Å². The minimum Gasteiger partial charge on any atom is -0.491 e. The van der Waals surface area contributed by atoms with Gasteiger partial charge in [0.05, 0.1) is 12.0 Å². The van der Waals surface area contributed by atoms with Crippen molar-refractivity contribution in [2.75, 3.05) is 16.8 Å². The average Bonchev–Trinajstić information content (AvgIpc) is 3.00. The molecule has 0 unspecified atom stereocenters. The van der Waals surface area contributed by atoms with Gasteiger partial charge in [0.2, 0.25) is 11.8 Å². The van der Waals surface area contributed by atoms with Gasteiger partial charge in [-0.05, 0) is 75.2 Å². The molecule has 0 spiro atoms. The molecule has 0 bridgehead atoms. The van der Waals surface area contributed by atoms with E-state index in [1.807, 2.05) is 70.2 Å². The zero-order valence-corrected chi connectivity index (χ0v) is 16.3. The number of amides is 2. The molecule has 1 aliphatic rings. The van der Waals surface area contributed by atoms with E-state index < -0.39 is 0 Å². The van der Waals surface area contributed by atoms with Crippen LogP contribution in [0.4, 0.5) is 11.4 Å². The maximum atomic E-state index is 12.6. The Morgan fingerprint density at radius 1 is 1.11 bits per heavy atom. The van der Waals surface area contributed by atoms with E-state index in [-0.39, 0.29) is 30.3 Å². The van der Waals surface area contributed by atoms with Crippen LogP contribution in [0.5, 0.6) is 5.75 Å². The molecule has 0 saturated carbocycles. The molecule has 1 heterocycles. The Morgan fingerprint density at radius 2 is 1.81 bits per heavy atom. The number of carbonyl (C=O) groups excluding carboxylic acids is 2. The maximum absolute atomic E-state index is 12.6. The number of nitrogens with one attached hydrogen (secondary N) is 1. The molecule has 1 atom stereocenters. The van der Waals surface area contributed by atoms with E-state index in [9.17, 15) is 9.59 Å². The van der Waals surface area contributed by atoms with Crippen molar-refractivity contribution in [3.05, 3.63) is 53.6 Å². The Labute approximate surface area is 160 Å². The van der Waals surface area contributed by atoms with Crippen LogP contribution < -0.4 is 15.0 Å². The van der Waals surface area contributed by atoms with Crippen LogP contribution in [0.2, 0.25) is 0 Å². The maximum Gasteiger partial charge on any atom is 0.229 e. The highest BCUT2D eigenvalue weighted by molar-refractivity contribution is 6.03. The summed E-state index contributed by atoms with van der Waals surface area (Å²) in [4.78, 5) is 26.7. The predicted molar refractivity (Wildman–Crippen MR) is 107 cm³/mol. The summed E-state index contributed by atoms with van der Waals surface area (Å²) >= 11 is 0. The van der Waals surface area contributed by atoms with Gasteiger partial charge in [-0.1, -0.05) is 6.07 Å². The summed E-state index contributed by atoms with van der Waals surface area (Å²) in [6, 6.07) is 13.2. The van der Waals surface area contributed by atoms with Gasteiger partial charge in [0.25, 0.3) is 0 Å². The Balaban J connectivity index is 1.64. The molecule has 1 saturated heterocycles. The van der Waals surface area contributed by atoms with Gasteiger partial charge in [0, 0.05) is 24.3 Å². The van der Waals surface area contributed by atoms with Crippen LogP contribution in [0.3, 0.4) is 0 Å². The fourth-order valence-corrected chi connectivity index (χ4v) is 3.16. The molecule has 27 heavy (non-hydrogen) atoms. The van der Waals surface area contributed by atoms with Crippen molar-refractivity contribution in [2.24, 2.45) is 5.92 Å². The van der Waals surface area contributed by atoms with Crippen molar-refractivity contribution in [3.8, 4) is 5.75 Å². The van der Waals surface area contributed by atoms with Crippen molar-refractivity contribution in [1.82, 2.24) is 0 Å². The van der Waals surface area contributed by atoms with Crippen LogP contribution in [-0.2, 0) is 9.59 Å². The molecule has 0 aliphatic carbocycles. The Kier molecular flexibility index (Phi) is 5.49. The summed E-state index contributed by atoms with van der Waals surface area (Å²) in [5, 5.41) is 2.90. The van der Waals surface area contributed by atoms with Gasteiger partial charge >= 0.3 is 0 Å². The molecule has 1 N–H and O–H groups in total. The molecule has 3 rings (SSSR count). The lowest BCUT2D eigenvalue weighted by molar-refractivity contribution is -0.122. The summed E-state index contributed by atoms with van der Waals surface area (Å²) in [6.45, 7) is 8.40. The fourth-order valence-electron chi connectivity index (χ4n) is 3.16. The van der Waals surface area contributed by atoms with Crippen molar-refractivity contribution >= 4 is 23.2 Å². The number of hydrogen-bond acceptors (Lipinski definition) is 3. The van der Waals surface area contributed by atoms with Crippen LogP contribution in [0.15, 0.2) is 42.5 Å². The second-order valence-corrected chi connectivity index (χ2v) is 7.35. The van der Waals surface area contributed by atoms with Gasteiger partial charge in [-0.3, -0.25) is 9.59 Å². The molecule has 1 aliphatic heterocycles. The van der Waals surface area contributed by atoms with Crippen molar-refractivity contribution in [2.45, 2.75) is 40.2 Å². The predicted octanol–water partition coefficient (Wildman–Crippen LogP) is 4.08. The normalized spacial score (nSPS) is 16.7. The second-order valence-electron chi connectivity index (χ2n) is 7.35. The number of anilines is 2. The molecule has 2 amide bonds. The molecule has 2 aromatic carbocycles. The lowest BCUT2D eigenvalue weighted by Crippen LogP contribution is -2.28. The van der Waals surface area contributed by atoms with E-state index in [0.29, 0.717) is 12.2 Å². The summed E-state index contributed by atoms with van der Waals surface area (Å²) in [6.07, 6.45) is 0.333. The summed E-state index contributed by atoms with van der Waals surface area (Å²) in [5.74, 6) is 0.261. The fraction of sp³-hybridized carbons (Fsp3) is 0.364. The van der Waals surface area contributed by atoms with E-state index in [2.05, 4.69) is 5.32 Å². The molecule has 0 aromatic heterocycles. The van der Waals surface area contributed by atoms with Crippen molar-refractivity contribution < 1.29 is 14.3 Å². The third-order valence-corrected chi connectivity index (χ3v) is 4.79. The number of rotatable bonds is 5. The molecule has 2 aromatic rings. The summed E-state index contributed by atoms with van der Waals surface area (Å²) in [7, 11) is 0. The summed E-state index contributed by atoms with van der Waals surface area (Å²) < 4.78 is 5.61. The van der Waals surface area contributed by atoms with Crippen LogP contribution in [0, 0.1) is 19.8 Å². The lowest BCUT2D eigenvalue weighted by Gasteiger charge is -2.18. The molecular formula is C22H26N2O3. The first kappa shape index (κ1) is 19.0. The van der Waals surface area contributed by atoms with E-state index in [1.165, 1.54) is 5.56 Å². The van der Waals surface area contributed by atoms with E-state index in [0.717, 1.165) is 17.0 Å². The number of benzene rings is 2. The van der Waals surface area contributed by atoms with Gasteiger partial charge in [0.15, 0.2) is 0 Å². The van der Waals surface area contributed by atoms with Gasteiger partial charge < -0.3 is 15.0 Å². The average molecular weight is 366 g/mol. The standard InChI is InChI=1S/C22H26N2O3/c1-14(2)27-20-9-6-18(7-10-20)23-22(26)17-12-21(25)24(13-17)19-8-5-15(3)16(4)11-19/h5-11,14,17H,12-13H2,1-4H3,(H,23,26)/t17-/m1/s1. The minimum atomic E-state index is -0.356. The number of nitrogens with zero attached hydrogens (tertiary/aromatic N) is 1. The highest BCUT2D eigenvalue weighted by Crippen LogP contribution is 2.28. The Morgan fingerprint density at radius 3 is 2.44 bits per heavy atom. The monoisotopic (exact) mass is 366 g/mol. The van der Waals surface area contributed by atoms with E-state index in [4.69, 9.17) is 4.74 Å². The van der Waals surface area contributed by atoms with E-state index >= 15 is 0 Å². The van der Waals surface area contributed by atoms with E-state index in [1.54, 1.807) is 4.90 Å². The van der Waals surface area contributed by atoms with Gasteiger partial charge in [-0.15, -0.1) is 0 Å². The van der Waals surface area contributed by atoms with Gasteiger partial charge in [-0.25, -0.2) is 0 Å². The number of aryl methyl sites for hydroxylation is 2. The quantitative estimate of drug-likeness (QED) is 0.867. The van der Waals surface area contributed by atoms with Crippen LogP contribution >= 0.6 is 0 Å². The smallest absolute Gasteiger partial charge is 0.229 e. The zero-order valence-electron chi connectivity index (χ0n) is 16.3. The Bertz CT molecular complexity index is 843. The second kappa shape index (κ2) is 7.82. The molecule has 142 valence electrons. The number of ether oxygens (including phenoxy) is 1. The molecule has 1 fully saturated rings. The van der Waals surface area contributed by atoms with Gasteiger partial charge in [0.1, 0.15) is 5.75 Å². The first-order chi connectivity index (χ1) is 12.8. The highest BCUT2D eigenvalue weighted by atomic mass is 16.5. The molecular weight excluding hydrogens is 340 g/mol. The zero-order chi connectivity index (χ0) is 19.6. The molecule has 5 heteroatoms. The highest BCUT2D eigenvalue weighted by Gasteiger charge is 2.35. The first-order valence-electron chi connectivity index (χ1n) is 9.28. The minimum absolute atomic E-state index is 0.0147. The third-order valence-electron chi connectivity index (χ3n) is 4.79. The SMILES string of the molecule is Cc1ccc(N2C[C@H](C(=O)Nc3ccc(OC(C)C)cc3)CC2=O)cc1C. The van der Waals surface area contributed by atoms with Crippen LogP contribution in [0.1, 0.15) is 31.4 Å². The van der Waals surface area contributed by atoms with Crippen LogP contribution in [-0.4, -0.2) is 24.5 Å². The Hall–Kier alpha value is -2.82. The summed E-state index contributed by atoms with van der Waals surface area (Å²) in [5.41, 5.74) is 3.88. The van der Waals surface area contributed by atoms with Crippen LogP contribution in [0.25, 0.3) is 0 Å². The largest absolute Gasteiger partial charge is 0.491 e. The lowest BCUT2D eigenvalue weighted by atomic mass is 10.1. The topological polar surface area (TPSA) is 58.6 Å². The number of hydrogen-bond donors (Lipinski definition) is 1. The molecule has 0 radical (unpaired) electrons. The third kappa shape index (κ3) is 4.48. The van der Waals surface area contributed by atoms with Crippen molar-refractivity contribution in [3.63, 3.8) is 0 Å². The number of carbonyl (C=O) groups is 2.